The van der Waals surface area contributed by atoms with Crippen LogP contribution in [0.25, 0.3) is 12.2 Å². The van der Waals surface area contributed by atoms with E-state index in [2.05, 4.69) is 63.7 Å². The van der Waals surface area contributed by atoms with Crippen molar-refractivity contribution < 1.29 is 9.90 Å². The smallest absolute Gasteiger partial charge is 0.182 e. The summed E-state index contributed by atoms with van der Waals surface area (Å²) in [6.07, 6.45) is 7.53. The topological polar surface area (TPSA) is 43.8 Å². The second-order valence-corrected chi connectivity index (χ2v) is 10.5. The number of aliphatic hydroxyl groups excluding tert-OH is 1. The van der Waals surface area contributed by atoms with Crippen molar-refractivity contribution in [2.45, 2.75) is 0 Å². The maximum atomic E-state index is 12.3. The molecule has 0 aliphatic carbocycles. The number of nitrogens with zero attached hydrogens (tertiary/aromatic N) is 2. The molecule has 0 saturated heterocycles. The number of hydrogen-bond acceptors (Lipinski definition) is 4. The van der Waals surface area contributed by atoms with Crippen LogP contribution in [0.15, 0.2) is 66.1 Å². The summed E-state index contributed by atoms with van der Waals surface area (Å²) in [7, 11) is 7.85. The van der Waals surface area contributed by atoms with Crippen molar-refractivity contribution in [3.05, 3.63) is 77.3 Å². The highest BCUT2D eigenvalue weighted by molar-refractivity contribution is 9.11. The second-order valence-electron chi connectivity index (χ2n) is 7.07. The minimum Gasteiger partial charge on any atom is -0.508 e. The standard InChI is InChI=1S/C23H22Br4N2O2/c1-28(2)14-9-20(24)18(21(25)10-14)7-5-16(30)13-17(31)6-8-19-22(26)11-15(29(3)4)12-23(19)27/h5-13,30H,1-4H3. The summed E-state index contributed by atoms with van der Waals surface area (Å²) in [5.74, 6) is -0.454. The highest BCUT2D eigenvalue weighted by atomic mass is 79.9. The van der Waals surface area contributed by atoms with Gasteiger partial charge in [0.2, 0.25) is 0 Å². The Morgan fingerprint density at radius 3 is 1.45 bits per heavy atom. The van der Waals surface area contributed by atoms with E-state index in [0.29, 0.717) is 0 Å². The molecular formula is C23H22Br4N2O2. The van der Waals surface area contributed by atoms with Gasteiger partial charge in [0, 0.05) is 74.7 Å². The monoisotopic (exact) mass is 674 g/mol. The Kier molecular flexibility index (Phi) is 9.61. The summed E-state index contributed by atoms with van der Waals surface area (Å²) in [5.41, 5.74) is 3.77. The largest absolute Gasteiger partial charge is 0.508 e. The van der Waals surface area contributed by atoms with E-state index in [1.165, 1.54) is 18.2 Å². The number of carbonyl (C=O) groups is 1. The van der Waals surface area contributed by atoms with Gasteiger partial charge in [-0.05, 0) is 48.6 Å². The Balaban J connectivity index is 2.17. The highest BCUT2D eigenvalue weighted by Gasteiger charge is 2.08. The zero-order valence-electron chi connectivity index (χ0n) is 17.5. The quantitative estimate of drug-likeness (QED) is 0.186. The summed E-state index contributed by atoms with van der Waals surface area (Å²) in [4.78, 5) is 16.3. The first kappa shape index (κ1) is 25.9. The van der Waals surface area contributed by atoms with Crippen LogP contribution in [0.5, 0.6) is 0 Å². The SMILES string of the molecule is CN(C)c1cc(Br)c(C=CC(=O)C=C(O)C=Cc2c(Br)cc(N(C)C)cc2Br)c(Br)c1. The predicted molar refractivity (Wildman–Crippen MR) is 146 cm³/mol. The summed E-state index contributed by atoms with van der Waals surface area (Å²) < 4.78 is 3.46. The van der Waals surface area contributed by atoms with E-state index in [9.17, 15) is 9.90 Å². The van der Waals surface area contributed by atoms with E-state index in [4.69, 9.17) is 0 Å². The number of allylic oxidation sites excluding steroid dienone is 3. The lowest BCUT2D eigenvalue weighted by Crippen LogP contribution is -2.08. The molecule has 4 nitrogen and oxygen atoms in total. The normalized spacial score (nSPS) is 12.1. The van der Waals surface area contributed by atoms with Crippen LogP contribution in [-0.4, -0.2) is 39.1 Å². The fourth-order valence-corrected chi connectivity index (χ4v) is 5.41. The summed E-state index contributed by atoms with van der Waals surface area (Å²) in [6.45, 7) is 0. The molecule has 0 saturated carbocycles. The van der Waals surface area contributed by atoms with Gasteiger partial charge in [0.1, 0.15) is 5.76 Å². The average molecular weight is 678 g/mol. The zero-order valence-corrected chi connectivity index (χ0v) is 23.8. The first-order valence-electron chi connectivity index (χ1n) is 9.13. The summed E-state index contributed by atoms with van der Waals surface area (Å²) >= 11 is 14.2. The third-order valence-electron chi connectivity index (χ3n) is 4.29. The van der Waals surface area contributed by atoms with Crippen molar-refractivity contribution in [3.8, 4) is 0 Å². The lowest BCUT2D eigenvalue weighted by Gasteiger charge is -2.15. The van der Waals surface area contributed by atoms with Gasteiger partial charge in [0.05, 0.1) is 0 Å². The Morgan fingerprint density at radius 2 is 1.10 bits per heavy atom. The molecule has 0 unspecified atom stereocenters. The molecule has 2 rings (SSSR count). The van der Waals surface area contributed by atoms with E-state index in [1.807, 2.05) is 62.3 Å². The molecule has 0 bridgehead atoms. The van der Waals surface area contributed by atoms with Gasteiger partial charge in [-0.1, -0.05) is 63.7 Å². The Labute approximate surface area is 216 Å². The molecule has 31 heavy (non-hydrogen) atoms. The number of rotatable bonds is 7. The van der Waals surface area contributed by atoms with Crippen LogP contribution in [0, 0.1) is 0 Å². The highest BCUT2D eigenvalue weighted by Crippen LogP contribution is 2.33. The van der Waals surface area contributed by atoms with Gasteiger partial charge in [-0.2, -0.15) is 0 Å². The van der Waals surface area contributed by atoms with Gasteiger partial charge in [-0.3, -0.25) is 4.79 Å². The Hall–Kier alpha value is -1.35. The van der Waals surface area contributed by atoms with E-state index < -0.39 is 0 Å². The van der Waals surface area contributed by atoms with Crippen LogP contribution in [0.1, 0.15) is 11.1 Å². The molecule has 8 heteroatoms. The van der Waals surface area contributed by atoms with Crippen molar-refractivity contribution >= 4 is 93.0 Å². The van der Waals surface area contributed by atoms with Gasteiger partial charge in [0.15, 0.2) is 5.78 Å². The van der Waals surface area contributed by atoms with E-state index in [-0.39, 0.29) is 11.5 Å². The van der Waals surface area contributed by atoms with Crippen LogP contribution < -0.4 is 9.80 Å². The molecule has 2 aromatic carbocycles. The van der Waals surface area contributed by atoms with Gasteiger partial charge < -0.3 is 14.9 Å². The van der Waals surface area contributed by atoms with Gasteiger partial charge >= 0.3 is 0 Å². The average Bonchev–Trinajstić information content (AvgIpc) is 2.66. The lowest BCUT2D eigenvalue weighted by molar-refractivity contribution is -0.110. The van der Waals surface area contributed by atoms with Crippen molar-refractivity contribution in [1.82, 2.24) is 0 Å². The number of halogens is 4. The molecule has 0 atom stereocenters. The van der Waals surface area contributed by atoms with Crippen LogP contribution in [0.2, 0.25) is 0 Å². The Morgan fingerprint density at radius 1 is 0.742 bits per heavy atom. The number of anilines is 2. The zero-order chi connectivity index (χ0) is 23.3. The second kappa shape index (κ2) is 11.5. The summed E-state index contributed by atoms with van der Waals surface area (Å²) in [5, 5.41) is 10.2. The maximum Gasteiger partial charge on any atom is 0.182 e. The molecule has 0 radical (unpaired) electrons. The first-order valence-corrected chi connectivity index (χ1v) is 12.3. The number of benzene rings is 2. The molecule has 0 aliphatic heterocycles. The number of carbonyl (C=O) groups excluding carboxylic acids is 1. The van der Waals surface area contributed by atoms with Crippen LogP contribution >= 0.6 is 63.7 Å². The Bertz CT molecular complexity index is 1030. The molecular weight excluding hydrogens is 656 g/mol. The number of aliphatic hydroxyl groups is 1. The van der Waals surface area contributed by atoms with E-state index >= 15 is 0 Å². The molecule has 0 spiro atoms. The fraction of sp³-hybridized carbons (Fsp3) is 0.174. The van der Waals surface area contributed by atoms with Crippen LogP contribution in [0.3, 0.4) is 0 Å². The molecule has 2 aromatic rings. The third kappa shape index (κ3) is 7.34. The van der Waals surface area contributed by atoms with Gasteiger partial charge in [-0.15, -0.1) is 0 Å². The van der Waals surface area contributed by atoms with Crippen molar-refractivity contribution in [2.24, 2.45) is 0 Å². The molecule has 0 heterocycles. The minimum atomic E-state index is -0.321. The third-order valence-corrected chi connectivity index (χ3v) is 6.91. The van der Waals surface area contributed by atoms with E-state index in [1.54, 1.807) is 12.2 Å². The molecule has 0 fully saturated rings. The summed E-state index contributed by atoms with van der Waals surface area (Å²) in [6, 6.07) is 7.91. The van der Waals surface area contributed by atoms with Crippen LogP contribution in [-0.2, 0) is 4.79 Å². The molecule has 1 N–H and O–H groups in total. The molecule has 0 amide bonds. The predicted octanol–water partition coefficient (Wildman–Crippen LogP) is 7.61. The van der Waals surface area contributed by atoms with E-state index in [0.717, 1.165) is 40.4 Å². The molecule has 0 aliphatic rings. The fourth-order valence-electron chi connectivity index (χ4n) is 2.55. The maximum absolute atomic E-state index is 12.3. The van der Waals surface area contributed by atoms with Crippen molar-refractivity contribution in [3.63, 3.8) is 0 Å². The molecule has 164 valence electrons. The molecule has 0 aromatic heterocycles. The minimum absolute atomic E-state index is 0.133. The lowest BCUT2D eigenvalue weighted by atomic mass is 10.1. The van der Waals surface area contributed by atoms with Gasteiger partial charge in [-0.25, -0.2) is 0 Å². The number of hydrogen-bond donors (Lipinski definition) is 1. The van der Waals surface area contributed by atoms with Crippen LogP contribution in [0.4, 0.5) is 11.4 Å². The van der Waals surface area contributed by atoms with Crippen molar-refractivity contribution in [2.75, 3.05) is 38.0 Å². The number of ketones is 1. The first-order chi connectivity index (χ1) is 14.5. The van der Waals surface area contributed by atoms with Crippen molar-refractivity contribution in [1.29, 1.82) is 0 Å². The van der Waals surface area contributed by atoms with Gasteiger partial charge in [0.25, 0.3) is 0 Å².